The van der Waals surface area contributed by atoms with Crippen molar-refractivity contribution in [3.63, 3.8) is 0 Å². The highest BCUT2D eigenvalue weighted by atomic mass is 35.5. The van der Waals surface area contributed by atoms with E-state index in [0.717, 1.165) is 28.9 Å². The van der Waals surface area contributed by atoms with Gasteiger partial charge < -0.3 is 10.2 Å². The van der Waals surface area contributed by atoms with Gasteiger partial charge in [0.25, 0.3) is 0 Å². The number of hydrogen-bond acceptors (Lipinski definition) is 2. The Morgan fingerprint density at radius 1 is 1.20 bits per heavy atom. The molecule has 8 heteroatoms. The van der Waals surface area contributed by atoms with Gasteiger partial charge in [0.1, 0.15) is 0 Å². The molecular weight excluding hydrogens is 417 g/mol. The van der Waals surface area contributed by atoms with Crippen molar-refractivity contribution in [2.24, 2.45) is 5.41 Å². The Balaban J connectivity index is 1.90. The number of aryl methyl sites for hydroxylation is 2. The van der Waals surface area contributed by atoms with E-state index in [-0.39, 0.29) is 29.6 Å². The highest BCUT2D eigenvalue weighted by Crippen LogP contribution is 2.41. The second-order valence-corrected chi connectivity index (χ2v) is 8.15. The van der Waals surface area contributed by atoms with E-state index in [4.69, 9.17) is 11.6 Å². The van der Waals surface area contributed by atoms with Crippen LogP contribution in [0.25, 0.3) is 0 Å². The van der Waals surface area contributed by atoms with Crippen LogP contribution in [0.1, 0.15) is 36.5 Å². The largest absolute Gasteiger partial charge is 0.416 e. The number of alkyl halides is 3. The first-order valence-electron chi connectivity index (χ1n) is 9.53. The third-order valence-corrected chi connectivity index (χ3v) is 5.82. The molecule has 0 aromatic heterocycles. The van der Waals surface area contributed by atoms with E-state index in [9.17, 15) is 22.8 Å². The number of nitrogens with one attached hydrogen (secondary N) is 1. The topological polar surface area (TPSA) is 49.4 Å². The molecule has 0 bridgehead atoms. The Kier molecular flexibility index (Phi) is 5.87. The van der Waals surface area contributed by atoms with Gasteiger partial charge in [-0.3, -0.25) is 9.59 Å². The van der Waals surface area contributed by atoms with Gasteiger partial charge in [-0.1, -0.05) is 36.7 Å². The summed E-state index contributed by atoms with van der Waals surface area (Å²) in [4.78, 5) is 27.5. The lowest BCUT2D eigenvalue weighted by molar-refractivity contribution is -0.137. The average molecular weight is 439 g/mol. The predicted octanol–water partition coefficient (Wildman–Crippen LogP) is 5.75. The molecule has 4 nitrogen and oxygen atoms in total. The number of anilines is 2. The number of para-hydroxylation sites is 1. The number of rotatable bonds is 4. The van der Waals surface area contributed by atoms with E-state index in [2.05, 4.69) is 5.32 Å². The van der Waals surface area contributed by atoms with E-state index in [1.165, 1.54) is 6.07 Å². The number of benzene rings is 2. The standard InChI is InChI=1S/C22H22ClF3N2O2/c1-4-21(11-18(29)28(12-21)19-13(2)6-5-7-14(19)3)20(30)27-17-9-15(22(24,25)26)8-16(23)10-17/h5-10H,4,11-12H2,1-3H3,(H,27,30). The number of amides is 2. The summed E-state index contributed by atoms with van der Waals surface area (Å²) >= 11 is 5.82. The number of carbonyl (C=O) groups excluding carboxylic acids is 2. The first kappa shape index (κ1) is 22.2. The average Bonchev–Trinajstić information content (AvgIpc) is 2.98. The Morgan fingerprint density at radius 2 is 1.83 bits per heavy atom. The van der Waals surface area contributed by atoms with Crippen molar-refractivity contribution < 1.29 is 22.8 Å². The number of carbonyl (C=O) groups is 2. The molecule has 0 saturated carbocycles. The van der Waals surface area contributed by atoms with Crippen LogP contribution in [-0.4, -0.2) is 18.4 Å². The van der Waals surface area contributed by atoms with Crippen LogP contribution in [0.5, 0.6) is 0 Å². The van der Waals surface area contributed by atoms with Crippen molar-refractivity contribution in [3.05, 3.63) is 58.1 Å². The maximum atomic E-state index is 13.1. The van der Waals surface area contributed by atoms with Crippen LogP contribution in [0.4, 0.5) is 24.5 Å². The zero-order chi connectivity index (χ0) is 22.3. The molecular formula is C22H22ClF3N2O2. The van der Waals surface area contributed by atoms with Gasteiger partial charge in [0.05, 0.1) is 11.0 Å². The van der Waals surface area contributed by atoms with Crippen molar-refractivity contribution in [2.45, 2.75) is 39.8 Å². The fourth-order valence-corrected chi connectivity index (χ4v) is 4.14. The van der Waals surface area contributed by atoms with Crippen LogP contribution in [0, 0.1) is 19.3 Å². The summed E-state index contributed by atoms with van der Waals surface area (Å²) in [5.41, 5.74) is 0.557. The summed E-state index contributed by atoms with van der Waals surface area (Å²) in [5.74, 6) is -0.686. The van der Waals surface area contributed by atoms with Crippen LogP contribution >= 0.6 is 11.6 Å². The van der Waals surface area contributed by atoms with Gasteiger partial charge in [-0.15, -0.1) is 0 Å². The normalized spacial score (nSPS) is 19.3. The molecule has 1 aliphatic rings. The van der Waals surface area contributed by atoms with Gasteiger partial charge in [-0.25, -0.2) is 0 Å². The molecule has 2 amide bonds. The molecule has 1 N–H and O–H groups in total. The molecule has 2 aromatic rings. The zero-order valence-electron chi connectivity index (χ0n) is 16.9. The minimum Gasteiger partial charge on any atom is -0.325 e. The second kappa shape index (κ2) is 7.95. The third-order valence-electron chi connectivity index (χ3n) is 5.60. The van der Waals surface area contributed by atoms with Crippen molar-refractivity contribution in [1.82, 2.24) is 0 Å². The lowest BCUT2D eigenvalue weighted by Gasteiger charge is -2.27. The number of nitrogens with zero attached hydrogens (tertiary/aromatic N) is 1. The van der Waals surface area contributed by atoms with Gasteiger partial charge in [-0.2, -0.15) is 13.2 Å². The Hall–Kier alpha value is -2.54. The monoisotopic (exact) mass is 438 g/mol. The zero-order valence-corrected chi connectivity index (χ0v) is 17.6. The minimum absolute atomic E-state index is 0.0181. The van der Waals surface area contributed by atoms with Crippen LogP contribution in [0.2, 0.25) is 5.02 Å². The molecule has 30 heavy (non-hydrogen) atoms. The SMILES string of the molecule is CCC1(C(=O)Nc2cc(Cl)cc(C(F)(F)F)c2)CC(=O)N(c2c(C)cccc2C)C1. The molecule has 0 spiro atoms. The molecule has 3 rings (SSSR count). The Labute approximate surface area is 178 Å². The third kappa shape index (κ3) is 4.17. The first-order valence-corrected chi connectivity index (χ1v) is 9.90. The first-order chi connectivity index (χ1) is 14.0. The van der Waals surface area contributed by atoms with Crippen molar-refractivity contribution >= 4 is 34.8 Å². The van der Waals surface area contributed by atoms with E-state index in [1.54, 1.807) is 11.8 Å². The molecule has 1 heterocycles. The maximum Gasteiger partial charge on any atom is 0.416 e. The summed E-state index contributed by atoms with van der Waals surface area (Å²) in [7, 11) is 0. The smallest absolute Gasteiger partial charge is 0.325 e. The molecule has 1 saturated heterocycles. The lowest BCUT2D eigenvalue weighted by atomic mass is 9.83. The Morgan fingerprint density at radius 3 is 2.40 bits per heavy atom. The molecule has 0 aliphatic carbocycles. The summed E-state index contributed by atoms with van der Waals surface area (Å²) < 4.78 is 39.2. The molecule has 160 valence electrons. The molecule has 1 atom stereocenters. The van der Waals surface area contributed by atoms with Gasteiger partial charge in [0, 0.05) is 29.4 Å². The van der Waals surface area contributed by atoms with Gasteiger partial charge in [0.2, 0.25) is 11.8 Å². The lowest BCUT2D eigenvalue weighted by Crippen LogP contribution is -2.39. The predicted molar refractivity (Wildman–Crippen MR) is 111 cm³/mol. The fourth-order valence-electron chi connectivity index (χ4n) is 3.91. The summed E-state index contributed by atoms with van der Waals surface area (Å²) in [6.07, 6.45) is -4.25. The van der Waals surface area contributed by atoms with E-state index >= 15 is 0 Å². The van der Waals surface area contributed by atoms with Gasteiger partial charge >= 0.3 is 6.18 Å². The maximum absolute atomic E-state index is 13.1. The number of hydrogen-bond donors (Lipinski definition) is 1. The summed E-state index contributed by atoms with van der Waals surface area (Å²) in [6.45, 7) is 5.74. The van der Waals surface area contributed by atoms with Gasteiger partial charge in [-0.05, 0) is 49.6 Å². The second-order valence-electron chi connectivity index (χ2n) is 7.71. The molecule has 0 radical (unpaired) electrons. The van der Waals surface area contributed by atoms with Crippen LogP contribution in [0.15, 0.2) is 36.4 Å². The van der Waals surface area contributed by atoms with E-state index < -0.39 is 23.1 Å². The van der Waals surface area contributed by atoms with E-state index in [0.29, 0.717) is 6.42 Å². The van der Waals surface area contributed by atoms with Crippen molar-refractivity contribution in [2.75, 3.05) is 16.8 Å². The minimum atomic E-state index is -4.59. The molecule has 2 aromatic carbocycles. The highest BCUT2D eigenvalue weighted by molar-refractivity contribution is 6.31. The number of halogens is 4. The van der Waals surface area contributed by atoms with Crippen molar-refractivity contribution in [3.8, 4) is 0 Å². The van der Waals surface area contributed by atoms with Crippen LogP contribution in [-0.2, 0) is 15.8 Å². The van der Waals surface area contributed by atoms with E-state index in [1.807, 2.05) is 32.0 Å². The van der Waals surface area contributed by atoms with Crippen LogP contribution < -0.4 is 10.2 Å². The van der Waals surface area contributed by atoms with Gasteiger partial charge in [0.15, 0.2) is 0 Å². The highest BCUT2D eigenvalue weighted by Gasteiger charge is 2.48. The summed E-state index contributed by atoms with van der Waals surface area (Å²) in [6, 6.07) is 8.59. The fraction of sp³-hybridized carbons (Fsp3) is 0.364. The quantitative estimate of drug-likeness (QED) is 0.661. The molecule has 1 fully saturated rings. The molecule has 1 aliphatic heterocycles. The van der Waals surface area contributed by atoms with Crippen molar-refractivity contribution in [1.29, 1.82) is 0 Å². The Bertz CT molecular complexity index is 986. The molecule has 1 unspecified atom stereocenters. The van der Waals surface area contributed by atoms with Crippen LogP contribution in [0.3, 0.4) is 0 Å². The summed E-state index contributed by atoms with van der Waals surface area (Å²) in [5, 5.41) is 2.41.